The minimum absolute atomic E-state index is 0.111. The summed E-state index contributed by atoms with van der Waals surface area (Å²) in [5.74, 6) is -0.236. The van der Waals surface area contributed by atoms with Gasteiger partial charge >= 0.3 is 0 Å². The number of hydrogen-bond acceptors (Lipinski definition) is 4. The maximum Gasteiger partial charge on any atom is 0.251 e. The summed E-state index contributed by atoms with van der Waals surface area (Å²) in [5, 5.41) is 8.52. The minimum atomic E-state index is -0.125. The van der Waals surface area contributed by atoms with Gasteiger partial charge in [0.15, 0.2) is 0 Å². The zero-order valence-corrected chi connectivity index (χ0v) is 12.8. The zero-order valence-electron chi connectivity index (χ0n) is 12.8. The molecular weight excluding hydrogens is 270 g/mol. The molecule has 21 heavy (non-hydrogen) atoms. The molecule has 0 saturated heterocycles. The molecule has 0 aliphatic heterocycles. The largest absolute Gasteiger partial charge is 0.383 e. The van der Waals surface area contributed by atoms with E-state index >= 15 is 0 Å². The van der Waals surface area contributed by atoms with E-state index in [2.05, 4.69) is 16.0 Å². The smallest absolute Gasteiger partial charge is 0.251 e. The highest BCUT2D eigenvalue weighted by atomic mass is 16.5. The van der Waals surface area contributed by atoms with Crippen LogP contribution in [-0.2, 0) is 9.53 Å². The van der Waals surface area contributed by atoms with Crippen LogP contribution in [0.4, 0.5) is 5.69 Å². The highest BCUT2D eigenvalue weighted by Crippen LogP contribution is 2.16. The summed E-state index contributed by atoms with van der Waals surface area (Å²) in [6.07, 6.45) is 0. The highest BCUT2D eigenvalue weighted by molar-refractivity contribution is 5.96. The molecule has 3 N–H and O–H groups in total. The van der Waals surface area contributed by atoms with Crippen molar-refractivity contribution in [1.82, 2.24) is 10.6 Å². The van der Waals surface area contributed by atoms with Crippen molar-refractivity contribution in [1.29, 1.82) is 0 Å². The molecule has 0 aliphatic rings. The van der Waals surface area contributed by atoms with Gasteiger partial charge in [-0.15, -0.1) is 0 Å². The molecule has 0 spiro atoms. The minimum Gasteiger partial charge on any atom is -0.383 e. The predicted octanol–water partition coefficient (Wildman–Crippen LogP) is 0.919. The second-order valence-electron chi connectivity index (χ2n) is 4.61. The highest BCUT2D eigenvalue weighted by Gasteiger charge is 2.08. The van der Waals surface area contributed by atoms with Crippen LogP contribution in [0.5, 0.6) is 0 Å². The molecule has 0 heterocycles. The second kappa shape index (κ2) is 9.10. The Labute approximate surface area is 125 Å². The van der Waals surface area contributed by atoms with Crippen molar-refractivity contribution >= 4 is 17.5 Å². The van der Waals surface area contributed by atoms with Crippen LogP contribution in [0.3, 0.4) is 0 Å². The third-order valence-corrected chi connectivity index (χ3v) is 2.87. The number of hydrogen-bond donors (Lipinski definition) is 3. The third kappa shape index (κ3) is 5.93. The van der Waals surface area contributed by atoms with Gasteiger partial charge in [-0.05, 0) is 37.6 Å². The predicted molar refractivity (Wildman–Crippen MR) is 82.6 cm³/mol. The molecule has 0 aromatic heterocycles. The van der Waals surface area contributed by atoms with Crippen LogP contribution in [0, 0.1) is 6.92 Å². The van der Waals surface area contributed by atoms with Gasteiger partial charge in [0.25, 0.3) is 5.91 Å². The van der Waals surface area contributed by atoms with Crippen molar-refractivity contribution in [2.24, 2.45) is 0 Å². The quantitative estimate of drug-likeness (QED) is 0.623. The number of aryl methyl sites for hydroxylation is 1. The Kier molecular flexibility index (Phi) is 7.42. The van der Waals surface area contributed by atoms with Crippen molar-refractivity contribution < 1.29 is 14.3 Å². The lowest BCUT2D eigenvalue weighted by molar-refractivity contribution is -0.115. The number of nitrogens with one attached hydrogen (secondary N) is 3. The van der Waals surface area contributed by atoms with Gasteiger partial charge in [0, 0.05) is 31.5 Å². The number of anilines is 1. The Bertz CT molecular complexity index is 489. The van der Waals surface area contributed by atoms with E-state index < -0.39 is 0 Å². The monoisotopic (exact) mass is 293 g/mol. The molecule has 0 bridgehead atoms. The van der Waals surface area contributed by atoms with E-state index in [-0.39, 0.29) is 18.4 Å². The summed E-state index contributed by atoms with van der Waals surface area (Å²) in [5.41, 5.74) is 2.15. The Balaban J connectivity index is 2.56. The average Bonchev–Trinajstić information content (AvgIpc) is 2.46. The Morgan fingerprint density at radius 2 is 2.05 bits per heavy atom. The molecule has 1 rings (SSSR count). The van der Waals surface area contributed by atoms with E-state index in [0.29, 0.717) is 30.9 Å². The van der Waals surface area contributed by atoms with Crippen LogP contribution >= 0.6 is 0 Å². The molecule has 0 fully saturated rings. The Morgan fingerprint density at radius 3 is 2.67 bits per heavy atom. The number of amides is 2. The summed E-state index contributed by atoms with van der Waals surface area (Å²) in [6, 6.07) is 5.21. The summed E-state index contributed by atoms with van der Waals surface area (Å²) >= 11 is 0. The van der Waals surface area contributed by atoms with E-state index in [4.69, 9.17) is 4.74 Å². The molecule has 1 aromatic carbocycles. The fraction of sp³-hybridized carbons (Fsp3) is 0.467. The maximum atomic E-state index is 11.8. The van der Waals surface area contributed by atoms with Gasteiger partial charge < -0.3 is 20.7 Å². The number of ether oxygens (including phenoxy) is 1. The normalized spacial score (nSPS) is 10.2. The molecule has 2 amide bonds. The van der Waals surface area contributed by atoms with Crippen LogP contribution in [0.1, 0.15) is 22.8 Å². The van der Waals surface area contributed by atoms with Gasteiger partial charge in [0.1, 0.15) is 0 Å². The number of benzene rings is 1. The van der Waals surface area contributed by atoms with E-state index in [0.717, 1.165) is 5.56 Å². The van der Waals surface area contributed by atoms with Crippen LogP contribution in [-0.4, -0.2) is 45.2 Å². The first-order chi connectivity index (χ1) is 10.1. The van der Waals surface area contributed by atoms with Crippen molar-refractivity contribution in [3.63, 3.8) is 0 Å². The lowest BCUT2D eigenvalue weighted by atomic mass is 10.1. The lowest BCUT2D eigenvalue weighted by Crippen LogP contribution is -2.30. The van der Waals surface area contributed by atoms with Gasteiger partial charge in [0.05, 0.1) is 13.2 Å². The molecule has 1 aromatic rings. The zero-order chi connectivity index (χ0) is 15.7. The Hall–Kier alpha value is -1.92. The molecule has 6 nitrogen and oxygen atoms in total. The van der Waals surface area contributed by atoms with Crippen molar-refractivity contribution in [3.8, 4) is 0 Å². The van der Waals surface area contributed by atoms with Crippen LogP contribution in [0.25, 0.3) is 0 Å². The summed E-state index contributed by atoms with van der Waals surface area (Å²) < 4.78 is 4.88. The van der Waals surface area contributed by atoms with Gasteiger partial charge in [0.2, 0.25) is 5.91 Å². The van der Waals surface area contributed by atoms with Gasteiger partial charge in [-0.3, -0.25) is 9.59 Å². The number of carbonyl (C=O) groups excluding carboxylic acids is 2. The summed E-state index contributed by atoms with van der Waals surface area (Å²) in [6.45, 7) is 5.73. The molecular formula is C15H23N3O3. The molecule has 0 radical (unpaired) electrons. The van der Waals surface area contributed by atoms with Crippen LogP contribution in [0.2, 0.25) is 0 Å². The molecule has 6 heteroatoms. The first-order valence-corrected chi connectivity index (χ1v) is 6.96. The molecule has 0 unspecified atom stereocenters. The van der Waals surface area contributed by atoms with Gasteiger partial charge in [-0.25, -0.2) is 0 Å². The SMILES string of the molecule is CCNC(=O)c1ccc(NC(=O)CNCCOC)c(C)c1. The topological polar surface area (TPSA) is 79.5 Å². The second-order valence-corrected chi connectivity index (χ2v) is 4.61. The summed E-state index contributed by atoms with van der Waals surface area (Å²) in [7, 11) is 1.61. The molecule has 116 valence electrons. The fourth-order valence-electron chi connectivity index (χ4n) is 1.78. The molecule has 0 aliphatic carbocycles. The first kappa shape index (κ1) is 17.1. The van der Waals surface area contributed by atoms with Gasteiger partial charge in [-0.2, -0.15) is 0 Å². The lowest BCUT2D eigenvalue weighted by Gasteiger charge is -2.11. The number of rotatable bonds is 8. The van der Waals surface area contributed by atoms with Gasteiger partial charge in [-0.1, -0.05) is 0 Å². The number of methoxy groups -OCH3 is 1. The number of carbonyl (C=O) groups is 2. The van der Waals surface area contributed by atoms with Crippen molar-refractivity contribution in [2.45, 2.75) is 13.8 Å². The van der Waals surface area contributed by atoms with E-state index in [1.165, 1.54) is 0 Å². The molecule has 0 atom stereocenters. The summed E-state index contributed by atoms with van der Waals surface area (Å²) in [4.78, 5) is 23.5. The first-order valence-electron chi connectivity index (χ1n) is 6.96. The third-order valence-electron chi connectivity index (χ3n) is 2.87. The van der Waals surface area contributed by atoms with Crippen LogP contribution < -0.4 is 16.0 Å². The standard InChI is InChI=1S/C15H23N3O3/c1-4-17-15(20)12-5-6-13(11(2)9-12)18-14(19)10-16-7-8-21-3/h5-6,9,16H,4,7-8,10H2,1-3H3,(H,17,20)(H,18,19). The van der Waals surface area contributed by atoms with E-state index in [1.54, 1.807) is 25.3 Å². The van der Waals surface area contributed by atoms with Crippen LogP contribution in [0.15, 0.2) is 18.2 Å². The van der Waals surface area contributed by atoms with Crippen molar-refractivity contribution in [3.05, 3.63) is 29.3 Å². The molecule has 0 saturated carbocycles. The maximum absolute atomic E-state index is 11.8. The fourth-order valence-corrected chi connectivity index (χ4v) is 1.78. The van der Waals surface area contributed by atoms with E-state index in [1.807, 2.05) is 13.8 Å². The Morgan fingerprint density at radius 1 is 1.29 bits per heavy atom. The van der Waals surface area contributed by atoms with E-state index in [9.17, 15) is 9.59 Å². The average molecular weight is 293 g/mol. The van der Waals surface area contributed by atoms with Crippen molar-refractivity contribution in [2.75, 3.05) is 38.7 Å².